The van der Waals surface area contributed by atoms with Crippen molar-refractivity contribution in [1.82, 2.24) is 9.88 Å². The Bertz CT molecular complexity index is 531. The van der Waals surface area contributed by atoms with Crippen molar-refractivity contribution in [3.63, 3.8) is 0 Å². The molecule has 1 N–H and O–H groups in total. The van der Waals surface area contributed by atoms with E-state index in [1.54, 1.807) is 0 Å². The van der Waals surface area contributed by atoms with Crippen LogP contribution in [-0.4, -0.2) is 33.7 Å². The maximum Gasteiger partial charge on any atom is 0.125 e. The molecule has 4 heteroatoms. The Morgan fingerprint density at radius 2 is 2.04 bits per heavy atom. The summed E-state index contributed by atoms with van der Waals surface area (Å²) in [4.78, 5) is 6.70. The van der Waals surface area contributed by atoms with Gasteiger partial charge in [0.25, 0.3) is 0 Å². The number of hydrogen-bond acceptors (Lipinski definition) is 3. The molecule has 1 saturated carbocycles. The lowest BCUT2D eigenvalue weighted by atomic mass is 9.85. The van der Waals surface area contributed by atoms with Crippen LogP contribution in [0.1, 0.15) is 63.0 Å². The van der Waals surface area contributed by atoms with Crippen LogP contribution in [0, 0.1) is 11.8 Å². The van der Waals surface area contributed by atoms with Gasteiger partial charge in [0, 0.05) is 18.4 Å². The van der Waals surface area contributed by atoms with E-state index in [0.717, 1.165) is 38.8 Å². The number of nitrogens with zero attached hydrogens (tertiary/aromatic N) is 2. The van der Waals surface area contributed by atoms with Crippen molar-refractivity contribution in [1.29, 1.82) is 0 Å². The molecule has 126 valence electrons. The van der Waals surface area contributed by atoms with Crippen molar-refractivity contribution >= 4 is 12.4 Å². The van der Waals surface area contributed by atoms with Crippen LogP contribution >= 0.6 is 12.4 Å². The fraction of sp³-hybridized carbons (Fsp3) is 0.632. The van der Waals surface area contributed by atoms with Crippen molar-refractivity contribution in [3.05, 3.63) is 30.1 Å². The number of pyridine rings is 1. The molecule has 3 rings (SSSR count). The lowest BCUT2D eigenvalue weighted by molar-refractivity contribution is 0.0607. The first kappa shape index (κ1) is 18.3. The average molecular weight is 335 g/mol. The molecule has 23 heavy (non-hydrogen) atoms. The normalized spacial score (nSPS) is 24.1. The maximum atomic E-state index is 10.5. The van der Waals surface area contributed by atoms with Gasteiger partial charge >= 0.3 is 0 Å². The SMILES string of the molecule is Cl.OC1(C#CCN2CCCCC2c2cccnc2)CCCCC1. The molecule has 1 aliphatic heterocycles. The summed E-state index contributed by atoms with van der Waals surface area (Å²) in [6.07, 6.45) is 12.6. The van der Waals surface area contributed by atoms with Crippen LogP contribution in [0.4, 0.5) is 0 Å². The van der Waals surface area contributed by atoms with Gasteiger partial charge in [0.05, 0.1) is 6.54 Å². The van der Waals surface area contributed by atoms with Crippen molar-refractivity contribution in [3.8, 4) is 11.8 Å². The molecule has 2 heterocycles. The number of piperidine rings is 1. The van der Waals surface area contributed by atoms with Crippen LogP contribution in [0.3, 0.4) is 0 Å². The first-order chi connectivity index (χ1) is 10.8. The number of aromatic nitrogens is 1. The molecule has 3 nitrogen and oxygen atoms in total. The fourth-order valence-corrected chi connectivity index (χ4v) is 3.70. The van der Waals surface area contributed by atoms with E-state index in [1.165, 1.54) is 31.2 Å². The van der Waals surface area contributed by atoms with Gasteiger partial charge in [0.2, 0.25) is 0 Å². The fourth-order valence-electron chi connectivity index (χ4n) is 3.70. The summed E-state index contributed by atoms with van der Waals surface area (Å²) in [6, 6.07) is 4.61. The van der Waals surface area contributed by atoms with Gasteiger partial charge in [-0.1, -0.05) is 30.7 Å². The average Bonchev–Trinajstić information content (AvgIpc) is 2.57. The molecule has 1 aromatic rings. The highest BCUT2D eigenvalue weighted by molar-refractivity contribution is 5.85. The molecule has 1 aliphatic carbocycles. The topological polar surface area (TPSA) is 36.4 Å². The van der Waals surface area contributed by atoms with Crippen molar-refractivity contribution in [2.24, 2.45) is 0 Å². The summed E-state index contributed by atoms with van der Waals surface area (Å²) in [5, 5.41) is 10.5. The van der Waals surface area contributed by atoms with E-state index in [0.29, 0.717) is 6.04 Å². The van der Waals surface area contributed by atoms with Crippen molar-refractivity contribution in [2.45, 2.75) is 63.0 Å². The van der Waals surface area contributed by atoms with Gasteiger partial charge < -0.3 is 5.11 Å². The van der Waals surface area contributed by atoms with Crippen LogP contribution < -0.4 is 0 Å². The Balaban J connectivity index is 0.00000192. The molecule has 0 aromatic carbocycles. The predicted molar refractivity (Wildman–Crippen MR) is 95.5 cm³/mol. The first-order valence-electron chi connectivity index (χ1n) is 8.63. The monoisotopic (exact) mass is 334 g/mol. The molecule has 2 aliphatic rings. The predicted octanol–water partition coefficient (Wildman–Crippen LogP) is 3.73. The quantitative estimate of drug-likeness (QED) is 0.837. The molecule has 0 bridgehead atoms. The van der Waals surface area contributed by atoms with E-state index in [-0.39, 0.29) is 12.4 Å². The Hall–Kier alpha value is -1.08. The Labute approximate surface area is 145 Å². The summed E-state index contributed by atoms with van der Waals surface area (Å²) in [7, 11) is 0. The molecular weight excluding hydrogens is 308 g/mol. The first-order valence-corrected chi connectivity index (χ1v) is 8.63. The van der Waals surface area contributed by atoms with Gasteiger partial charge in [-0.3, -0.25) is 9.88 Å². The molecule has 0 spiro atoms. The van der Waals surface area contributed by atoms with E-state index in [1.807, 2.05) is 18.5 Å². The number of rotatable bonds is 2. The van der Waals surface area contributed by atoms with E-state index in [4.69, 9.17) is 0 Å². The summed E-state index contributed by atoms with van der Waals surface area (Å²) in [6.45, 7) is 1.84. The molecule has 1 saturated heterocycles. The zero-order valence-electron chi connectivity index (χ0n) is 13.7. The smallest absolute Gasteiger partial charge is 0.125 e. The van der Waals surface area contributed by atoms with E-state index in [2.05, 4.69) is 27.8 Å². The van der Waals surface area contributed by atoms with Gasteiger partial charge in [-0.05, 0) is 56.7 Å². The molecule has 1 aromatic heterocycles. The van der Waals surface area contributed by atoms with Crippen LogP contribution in [0.15, 0.2) is 24.5 Å². The van der Waals surface area contributed by atoms with Crippen molar-refractivity contribution in [2.75, 3.05) is 13.1 Å². The van der Waals surface area contributed by atoms with Gasteiger partial charge in [-0.15, -0.1) is 12.4 Å². The highest BCUT2D eigenvalue weighted by Gasteiger charge is 2.27. The summed E-state index contributed by atoms with van der Waals surface area (Å²) in [5.41, 5.74) is 0.568. The standard InChI is InChI=1S/C19H26N2O.ClH/c22-19(10-3-1-4-11-19)12-7-15-21-14-5-2-9-18(21)17-8-6-13-20-16-17;/h6,8,13,16,18,22H,1-5,9-11,14-15H2;1H. The minimum atomic E-state index is -0.724. The van der Waals surface area contributed by atoms with E-state index >= 15 is 0 Å². The van der Waals surface area contributed by atoms with Gasteiger partial charge in [0.15, 0.2) is 0 Å². The number of halogens is 1. The summed E-state index contributed by atoms with van der Waals surface area (Å²) < 4.78 is 0. The second-order valence-electron chi connectivity index (χ2n) is 6.66. The zero-order chi connectivity index (χ0) is 15.3. The lowest BCUT2D eigenvalue weighted by Crippen LogP contribution is -2.34. The zero-order valence-corrected chi connectivity index (χ0v) is 14.5. The van der Waals surface area contributed by atoms with Crippen LogP contribution in [0.5, 0.6) is 0 Å². The molecule has 1 unspecified atom stereocenters. The Morgan fingerprint density at radius 3 is 2.78 bits per heavy atom. The van der Waals surface area contributed by atoms with Gasteiger partial charge in [-0.2, -0.15) is 0 Å². The second kappa shape index (κ2) is 8.68. The number of hydrogen-bond donors (Lipinski definition) is 1. The third-order valence-corrected chi connectivity index (χ3v) is 4.97. The van der Waals surface area contributed by atoms with Gasteiger partial charge in [-0.25, -0.2) is 0 Å². The Morgan fingerprint density at radius 1 is 1.22 bits per heavy atom. The van der Waals surface area contributed by atoms with E-state index in [9.17, 15) is 5.11 Å². The number of aliphatic hydroxyl groups is 1. The minimum absolute atomic E-state index is 0. The molecule has 0 amide bonds. The molecule has 1 atom stereocenters. The van der Waals surface area contributed by atoms with Gasteiger partial charge in [0.1, 0.15) is 5.60 Å². The highest BCUT2D eigenvalue weighted by Crippen LogP contribution is 2.30. The Kier molecular flexibility index (Phi) is 6.89. The summed E-state index contributed by atoms with van der Waals surface area (Å²) in [5.74, 6) is 6.44. The second-order valence-corrected chi connectivity index (χ2v) is 6.66. The molecular formula is C19H27ClN2O. The minimum Gasteiger partial charge on any atom is -0.378 e. The largest absolute Gasteiger partial charge is 0.378 e. The van der Waals surface area contributed by atoms with Crippen molar-refractivity contribution < 1.29 is 5.11 Å². The summed E-state index contributed by atoms with van der Waals surface area (Å²) >= 11 is 0. The van der Waals surface area contributed by atoms with Crippen LogP contribution in [-0.2, 0) is 0 Å². The third kappa shape index (κ3) is 4.94. The van der Waals surface area contributed by atoms with Crippen LogP contribution in [0.25, 0.3) is 0 Å². The van der Waals surface area contributed by atoms with E-state index < -0.39 is 5.60 Å². The molecule has 0 radical (unpaired) electrons. The lowest BCUT2D eigenvalue weighted by Gasteiger charge is -2.34. The number of likely N-dealkylation sites (tertiary alicyclic amines) is 1. The third-order valence-electron chi connectivity index (χ3n) is 4.97. The van der Waals surface area contributed by atoms with Crippen LogP contribution in [0.2, 0.25) is 0 Å². The highest BCUT2D eigenvalue weighted by atomic mass is 35.5. The maximum absolute atomic E-state index is 10.5. The molecule has 2 fully saturated rings.